The van der Waals surface area contributed by atoms with Crippen LogP contribution in [0.2, 0.25) is 0 Å². The molecule has 0 saturated heterocycles. The van der Waals surface area contributed by atoms with Gasteiger partial charge in [-0.25, -0.2) is 0 Å². The first kappa shape index (κ1) is 7.98. The van der Waals surface area contributed by atoms with Gasteiger partial charge in [-0.1, -0.05) is 6.92 Å². The molecular formula is C5H13BN2. The van der Waals surface area contributed by atoms with Crippen molar-refractivity contribution in [1.82, 2.24) is 10.5 Å². The second-order valence-corrected chi connectivity index (χ2v) is 1.70. The standard InChI is InChI=1S/C5H13BN2/c1-2-3-7-4-5-8-6/h7-8H,2-5H2,1H3. The number of hydrogen-bond donors (Lipinski definition) is 2. The second-order valence-electron chi connectivity index (χ2n) is 1.70. The minimum atomic E-state index is 0.847. The maximum atomic E-state index is 5.02. The van der Waals surface area contributed by atoms with Crippen molar-refractivity contribution in [2.45, 2.75) is 13.3 Å². The molecule has 3 heteroatoms. The summed E-state index contributed by atoms with van der Waals surface area (Å²) in [7, 11) is 5.02. The van der Waals surface area contributed by atoms with Gasteiger partial charge in [-0.3, -0.25) is 0 Å². The molecule has 2 N–H and O–H groups in total. The second kappa shape index (κ2) is 6.98. The third-order valence-corrected chi connectivity index (χ3v) is 0.873. The Morgan fingerprint density at radius 3 is 2.50 bits per heavy atom. The molecule has 0 unspecified atom stereocenters. The minimum Gasteiger partial charge on any atom is -0.365 e. The lowest BCUT2D eigenvalue weighted by atomic mass is 10.4. The Morgan fingerprint density at radius 1 is 1.25 bits per heavy atom. The van der Waals surface area contributed by atoms with Gasteiger partial charge in [0.05, 0.1) is 0 Å². The van der Waals surface area contributed by atoms with E-state index in [0.717, 1.165) is 19.6 Å². The van der Waals surface area contributed by atoms with E-state index in [1.165, 1.54) is 6.42 Å². The van der Waals surface area contributed by atoms with Crippen molar-refractivity contribution in [3.8, 4) is 0 Å². The lowest BCUT2D eigenvalue weighted by Gasteiger charge is -1.99. The van der Waals surface area contributed by atoms with Crippen LogP contribution >= 0.6 is 0 Å². The summed E-state index contributed by atoms with van der Waals surface area (Å²) in [5.41, 5.74) is 0. The SMILES string of the molecule is [B]NCCNCCC. The molecule has 0 aliphatic heterocycles. The molecule has 0 amide bonds. The molecule has 0 spiro atoms. The molecule has 0 bridgehead atoms. The van der Waals surface area contributed by atoms with E-state index in [2.05, 4.69) is 17.5 Å². The first-order valence-corrected chi connectivity index (χ1v) is 3.06. The third kappa shape index (κ3) is 5.98. The van der Waals surface area contributed by atoms with E-state index in [1.807, 2.05) is 0 Å². The average molecular weight is 112 g/mol. The van der Waals surface area contributed by atoms with Crippen LogP contribution in [0.15, 0.2) is 0 Å². The van der Waals surface area contributed by atoms with E-state index >= 15 is 0 Å². The first-order chi connectivity index (χ1) is 3.91. The molecule has 8 heavy (non-hydrogen) atoms. The van der Waals surface area contributed by atoms with Gasteiger partial charge in [-0.15, -0.1) is 0 Å². The Kier molecular flexibility index (Phi) is 6.97. The van der Waals surface area contributed by atoms with Crippen LogP contribution < -0.4 is 10.5 Å². The van der Waals surface area contributed by atoms with E-state index < -0.39 is 0 Å². The maximum Gasteiger partial charge on any atom is 0.177 e. The normalized spacial score (nSPS) is 9.62. The molecule has 0 rings (SSSR count). The fourth-order valence-corrected chi connectivity index (χ4v) is 0.462. The summed E-state index contributed by atoms with van der Waals surface area (Å²) in [4.78, 5) is 0. The van der Waals surface area contributed by atoms with E-state index in [-0.39, 0.29) is 0 Å². The summed E-state index contributed by atoms with van der Waals surface area (Å²) in [6.07, 6.45) is 1.19. The molecule has 0 atom stereocenters. The highest BCUT2D eigenvalue weighted by molar-refractivity contribution is 6.04. The van der Waals surface area contributed by atoms with Crippen LogP contribution in [0, 0.1) is 0 Å². The van der Waals surface area contributed by atoms with Gasteiger partial charge < -0.3 is 10.5 Å². The maximum absolute atomic E-state index is 5.02. The summed E-state index contributed by atoms with van der Waals surface area (Å²) < 4.78 is 0. The van der Waals surface area contributed by atoms with Gasteiger partial charge in [0.25, 0.3) is 0 Å². The summed E-state index contributed by atoms with van der Waals surface area (Å²) in [5.74, 6) is 0. The van der Waals surface area contributed by atoms with Crippen LogP contribution in [0.1, 0.15) is 13.3 Å². The predicted octanol–water partition coefficient (Wildman–Crippen LogP) is -0.341. The first-order valence-electron chi connectivity index (χ1n) is 3.06. The minimum absolute atomic E-state index is 0.847. The third-order valence-electron chi connectivity index (χ3n) is 0.873. The summed E-state index contributed by atoms with van der Waals surface area (Å²) >= 11 is 0. The van der Waals surface area contributed by atoms with E-state index in [0.29, 0.717) is 0 Å². The number of hydrogen-bond acceptors (Lipinski definition) is 2. The zero-order valence-electron chi connectivity index (χ0n) is 5.41. The molecule has 2 nitrogen and oxygen atoms in total. The highest BCUT2D eigenvalue weighted by atomic mass is 14.9. The van der Waals surface area contributed by atoms with Crippen molar-refractivity contribution in [1.29, 1.82) is 0 Å². The number of nitrogens with one attached hydrogen (secondary N) is 2. The van der Waals surface area contributed by atoms with Gasteiger partial charge >= 0.3 is 0 Å². The molecule has 0 aromatic rings. The molecular weight excluding hydrogens is 98.9 g/mol. The lowest BCUT2D eigenvalue weighted by molar-refractivity contribution is 0.665. The van der Waals surface area contributed by atoms with Crippen molar-refractivity contribution >= 4 is 7.98 Å². The van der Waals surface area contributed by atoms with Crippen LogP contribution in [-0.2, 0) is 0 Å². The quantitative estimate of drug-likeness (QED) is 0.375. The molecule has 0 saturated carbocycles. The van der Waals surface area contributed by atoms with Crippen LogP contribution in [0.25, 0.3) is 0 Å². The largest absolute Gasteiger partial charge is 0.365 e. The fraction of sp³-hybridized carbons (Fsp3) is 1.00. The van der Waals surface area contributed by atoms with Crippen LogP contribution in [0.4, 0.5) is 0 Å². The molecule has 0 aliphatic rings. The Morgan fingerprint density at radius 2 is 2.00 bits per heavy atom. The van der Waals surface area contributed by atoms with Gasteiger partial charge in [0.15, 0.2) is 7.98 Å². The van der Waals surface area contributed by atoms with Gasteiger partial charge in [-0.2, -0.15) is 0 Å². The Bertz CT molecular complexity index is 35.4. The van der Waals surface area contributed by atoms with E-state index in [9.17, 15) is 0 Å². The van der Waals surface area contributed by atoms with Gasteiger partial charge in [0, 0.05) is 6.54 Å². The lowest BCUT2D eigenvalue weighted by Crippen LogP contribution is -2.25. The van der Waals surface area contributed by atoms with Crippen molar-refractivity contribution in [2.75, 3.05) is 19.6 Å². The van der Waals surface area contributed by atoms with Crippen LogP contribution in [0.3, 0.4) is 0 Å². The fourth-order valence-electron chi connectivity index (χ4n) is 0.462. The van der Waals surface area contributed by atoms with Gasteiger partial charge in [0.2, 0.25) is 0 Å². The van der Waals surface area contributed by atoms with Crippen molar-refractivity contribution in [3.63, 3.8) is 0 Å². The van der Waals surface area contributed by atoms with Crippen LogP contribution in [-0.4, -0.2) is 27.6 Å². The van der Waals surface area contributed by atoms with Gasteiger partial charge in [-0.05, 0) is 19.5 Å². The molecule has 0 aromatic heterocycles. The monoisotopic (exact) mass is 112 g/mol. The van der Waals surface area contributed by atoms with Crippen molar-refractivity contribution in [2.24, 2.45) is 0 Å². The summed E-state index contributed by atoms with van der Waals surface area (Å²) in [6, 6.07) is 0. The smallest absolute Gasteiger partial charge is 0.177 e. The molecule has 46 valence electrons. The molecule has 0 aliphatic carbocycles. The van der Waals surface area contributed by atoms with E-state index in [1.54, 1.807) is 0 Å². The molecule has 0 fully saturated rings. The molecule has 2 radical (unpaired) electrons. The summed E-state index contributed by atoms with van der Waals surface area (Å²) in [5, 5.41) is 5.76. The van der Waals surface area contributed by atoms with Crippen molar-refractivity contribution < 1.29 is 0 Å². The Labute approximate surface area is 52.5 Å². The zero-order chi connectivity index (χ0) is 6.24. The highest BCUT2D eigenvalue weighted by Crippen LogP contribution is 1.66. The molecule has 0 aromatic carbocycles. The summed E-state index contributed by atoms with van der Waals surface area (Å²) in [6.45, 7) is 5.04. The van der Waals surface area contributed by atoms with Crippen LogP contribution in [0.5, 0.6) is 0 Å². The highest BCUT2D eigenvalue weighted by Gasteiger charge is 1.79. The Hall–Kier alpha value is -0.0151. The zero-order valence-corrected chi connectivity index (χ0v) is 5.41. The Balaban J connectivity index is 2.53. The molecule has 0 heterocycles. The van der Waals surface area contributed by atoms with E-state index in [4.69, 9.17) is 7.98 Å². The van der Waals surface area contributed by atoms with Crippen molar-refractivity contribution in [3.05, 3.63) is 0 Å². The van der Waals surface area contributed by atoms with Gasteiger partial charge in [0.1, 0.15) is 0 Å². The topological polar surface area (TPSA) is 24.1 Å². The number of rotatable bonds is 5. The predicted molar refractivity (Wildman–Crippen MR) is 36.9 cm³/mol. The average Bonchev–Trinajstić information content (AvgIpc) is 1.81.